The number of amides is 1. The molecule has 5 nitrogen and oxygen atoms in total. The maximum absolute atomic E-state index is 12.1. The smallest absolute Gasteiger partial charge is 0.265 e. The van der Waals surface area contributed by atoms with Crippen molar-refractivity contribution in [2.24, 2.45) is 5.73 Å². The van der Waals surface area contributed by atoms with Crippen molar-refractivity contribution >= 4 is 17.4 Å². The highest BCUT2D eigenvalue weighted by Gasteiger charge is 2.27. The van der Waals surface area contributed by atoms with Crippen molar-refractivity contribution in [2.75, 3.05) is 0 Å². The summed E-state index contributed by atoms with van der Waals surface area (Å²) in [7, 11) is 0. The summed E-state index contributed by atoms with van der Waals surface area (Å²) in [4.78, 5) is 12.7. The number of aromatic nitrogens is 2. The van der Waals surface area contributed by atoms with Gasteiger partial charge >= 0.3 is 0 Å². The van der Waals surface area contributed by atoms with E-state index in [9.17, 15) is 4.79 Å². The molecule has 0 spiro atoms. The van der Waals surface area contributed by atoms with E-state index >= 15 is 0 Å². The maximum Gasteiger partial charge on any atom is 0.265 e. The molecule has 1 saturated carbocycles. The van der Waals surface area contributed by atoms with Gasteiger partial charge in [-0.15, -0.1) is 5.10 Å². The van der Waals surface area contributed by atoms with Gasteiger partial charge in [-0.1, -0.05) is 17.8 Å². The fraction of sp³-hybridized carbons (Fsp3) is 0.727. The SMILES string of the molecule is CCCc1nnsc1C(=O)NC1CCCC1N. The van der Waals surface area contributed by atoms with Gasteiger partial charge in [-0.05, 0) is 37.2 Å². The molecular formula is C11H18N4OS. The topological polar surface area (TPSA) is 80.9 Å². The number of nitrogens with one attached hydrogen (secondary N) is 1. The van der Waals surface area contributed by atoms with Gasteiger partial charge in [0.1, 0.15) is 4.88 Å². The summed E-state index contributed by atoms with van der Waals surface area (Å²) in [6.45, 7) is 2.06. The molecule has 2 atom stereocenters. The molecule has 17 heavy (non-hydrogen) atoms. The number of carbonyl (C=O) groups excluding carboxylic acids is 1. The van der Waals surface area contributed by atoms with Crippen molar-refractivity contribution in [3.05, 3.63) is 10.6 Å². The predicted molar refractivity (Wildman–Crippen MR) is 67.0 cm³/mol. The Morgan fingerprint density at radius 3 is 3.06 bits per heavy atom. The molecule has 0 aromatic carbocycles. The Morgan fingerprint density at radius 1 is 1.59 bits per heavy atom. The Hall–Kier alpha value is -1.01. The summed E-state index contributed by atoms with van der Waals surface area (Å²) in [5.74, 6) is -0.0641. The zero-order valence-corrected chi connectivity index (χ0v) is 10.8. The van der Waals surface area contributed by atoms with Crippen molar-refractivity contribution in [1.29, 1.82) is 0 Å². The van der Waals surface area contributed by atoms with E-state index in [1.54, 1.807) is 0 Å². The van der Waals surface area contributed by atoms with Crippen molar-refractivity contribution in [3.8, 4) is 0 Å². The maximum atomic E-state index is 12.1. The number of nitrogens with zero attached hydrogens (tertiary/aromatic N) is 2. The van der Waals surface area contributed by atoms with Gasteiger partial charge in [0.25, 0.3) is 5.91 Å². The largest absolute Gasteiger partial charge is 0.347 e. The van der Waals surface area contributed by atoms with E-state index in [-0.39, 0.29) is 18.0 Å². The zero-order chi connectivity index (χ0) is 12.3. The lowest BCUT2D eigenvalue weighted by atomic mass is 10.1. The minimum absolute atomic E-state index is 0.0641. The molecule has 2 rings (SSSR count). The summed E-state index contributed by atoms with van der Waals surface area (Å²) >= 11 is 1.17. The number of aryl methyl sites for hydroxylation is 1. The molecule has 0 bridgehead atoms. The van der Waals surface area contributed by atoms with Gasteiger partial charge in [-0.3, -0.25) is 4.79 Å². The third-order valence-corrected chi connectivity index (χ3v) is 3.90. The van der Waals surface area contributed by atoms with Crippen LogP contribution in [0.4, 0.5) is 0 Å². The molecule has 1 fully saturated rings. The summed E-state index contributed by atoms with van der Waals surface area (Å²) in [5.41, 5.74) is 6.74. The first kappa shape index (κ1) is 12.4. The van der Waals surface area contributed by atoms with Crippen molar-refractivity contribution in [3.63, 3.8) is 0 Å². The minimum atomic E-state index is -0.0641. The highest BCUT2D eigenvalue weighted by molar-refractivity contribution is 7.08. The van der Waals surface area contributed by atoms with Crippen LogP contribution in [0, 0.1) is 0 Å². The second kappa shape index (κ2) is 5.55. The molecule has 3 N–H and O–H groups in total. The molecule has 2 unspecified atom stereocenters. The Morgan fingerprint density at radius 2 is 2.41 bits per heavy atom. The number of rotatable bonds is 4. The summed E-state index contributed by atoms with van der Waals surface area (Å²) < 4.78 is 3.85. The zero-order valence-electron chi connectivity index (χ0n) is 9.98. The first-order valence-electron chi connectivity index (χ1n) is 6.10. The lowest BCUT2D eigenvalue weighted by molar-refractivity contribution is 0.0937. The fourth-order valence-electron chi connectivity index (χ4n) is 2.18. The van der Waals surface area contributed by atoms with Crippen LogP contribution in [-0.4, -0.2) is 27.6 Å². The van der Waals surface area contributed by atoms with Crippen LogP contribution in [0.3, 0.4) is 0 Å². The van der Waals surface area contributed by atoms with E-state index in [1.165, 1.54) is 11.5 Å². The molecule has 1 aromatic rings. The minimum Gasteiger partial charge on any atom is -0.347 e. The van der Waals surface area contributed by atoms with Gasteiger partial charge in [0.05, 0.1) is 5.69 Å². The van der Waals surface area contributed by atoms with E-state index in [4.69, 9.17) is 5.73 Å². The summed E-state index contributed by atoms with van der Waals surface area (Å²) in [6.07, 6.45) is 4.83. The van der Waals surface area contributed by atoms with Crippen LogP contribution in [0.5, 0.6) is 0 Å². The first-order chi connectivity index (χ1) is 8.22. The number of hydrogen-bond donors (Lipinski definition) is 2. The van der Waals surface area contributed by atoms with Crippen LogP contribution in [0.2, 0.25) is 0 Å². The molecule has 1 aromatic heterocycles. The van der Waals surface area contributed by atoms with E-state index in [1.807, 2.05) is 0 Å². The van der Waals surface area contributed by atoms with Gasteiger partial charge in [0.15, 0.2) is 0 Å². The van der Waals surface area contributed by atoms with Gasteiger partial charge in [0, 0.05) is 12.1 Å². The second-order valence-electron chi connectivity index (χ2n) is 4.47. The highest BCUT2D eigenvalue weighted by atomic mass is 32.1. The quantitative estimate of drug-likeness (QED) is 0.843. The van der Waals surface area contributed by atoms with Crippen LogP contribution in [0.25, 0.3) is 0 Å². The van der Waals surface area contributed by atoms with E-state index in [0.717, 1.165) is 37.8 Å². The van der Waals surface area contributed by atoms with Gasteiger partial charge < -0.3 is 11.1 Å². The molecule has 1 aliphatic rings. The number of carbonyl (C=O) groups is 1. The molecule has 1 amide bonds. The standard InChI is InChI=1S/C11H18N4OS/c1-2-4-9-10(17-15-14-9)11(16)13-8-6-3-5-7(8)12/h7-8H,2-6,12H2,1H3,(H,13,16). The third kappa shape index (κ3) is 2.81. The molecule has 6 heteroatoms. The molecule has 0 aliphatic heterocycles. The monoisotopic (exact) mass is 254 g/mol. The van der Waals surface area contributed by atoms with Crippen LogP contribution in [0.15, 0.2) is 0 Å². The highest BCUT2D eigenvalue weighted by Crippen LogP contribution is 2.19. The Labute approximate surface area is 105 Å². The average molecular weight is 254 g/mol. The predicted octanol–water partition coefficient (Wildman–Crippen LogP) is 1.10. The third-order valence-electron chi connectivity index (χ3n) is 3.13. The van der Waals surface area contributed by atoms with Crippen molar-refractivity contribution in [2.45, 2.75) is 51.1 Å². The average Bonchev–Trinajstić information content (AvgIpc) is 2.89. The number of hydrogen-bond acceptors (Lipinski definition) is 5. The molecule has 94 valence electrons. The van der Waals surface area contributed by atoms with Gasteiger partial charge in [-0.25, -0.2) is 0 Å². The first-order valence-corrected chi connectivity index (χ1v) is 6.87. The van der Waals surface area contributed by atoms with Crippen molar-refractivity contribution in [1.82, 2.24) is 14.9 Å². The van der Waals surface area contributed by atoms with Gasteiger partial charge in [-0.2, -0.15) is 0 Å². The van der Waals surface area contributed by atoms with Crippen LogP contribution < -0.4 is 11.1 Å². The van der Waals surface area contributed by atoms with Crippen LogP contribution in [0.1, 0.15) is 48.0 Å². The Kier molecular flexibility index (Phi) is 4.06. The number of nitrogens with two attached hydrogens (primary N) is 1. The van der Waals surface area contributed by atoms with Gasteiger partial charge in [0.2, 0.25) is 0 Å². The Balaban J connectivity index is 2.01. The summed E-state index contributed by atoms with van der Waals surface area (Å²) in [6, 6.07) is 0.202. The van der Waals surface area contributed by atoms with E-state index in [0.29, 0.717) is 4.88 Å². The molecule has 1 aliphatic carbocycles. The fourth-order valence-corrected chi connectivity index (χ4v) is 2.79. The summed E-state index contributed by atoms with van der Waals surface area (Å²) in [5, 5.41) is 6.99. The molecule has 1 heterocycles. The van der Waals surface area contributed by atoms with Crippen molar-refractivity contribution < 1.29 is 4.79 Å². The normalized spacial score (nSPS) is 23.9. The van der Waals surface area contributed by atoms with Crippen LogP contribution in [-0.2, 0) is 6.42 Å². The Bertz CT molecular complexity index is 393. The van der Waals surface area contributed by atoms with Crippen LogP contribution >= 0.6 is 11.5 Å². The molecule has 0 radical (unpaired) electrons. The van der Waals surface area contributed by atoms with E-state index < -0.39 is 0 Å². The molecule has 0 saturated heterocycles. The lowest BCUT2D eigenvalue weighted by Crippen LogP contribution is -2.43. The van der Waals surface area contributed by atoms with E-state index in [2.05, 4.69) is 21.8 Å². The molecular weight excluding hydrogens is 236 g/mol. The second-order valence-corrected chi connectivity index (χ2v) is 5.23. The lowest BCUT2D eigenvalue weighted by Gasteiger charge is -2.16.